The summed E-state index contributed by atoms with van der Waals surface area (Å²) in [7, 11) is -3.86. The molecule has 3 aromatic rings. The number of halogens is 2. The summed E-state index contributed by atoms with van der Waals surface area (Å²) in [6.07, 6.45) is 0. The highest BCUT2D eigenvalue weighted by atomic mass is 35.5. The van der Waals surface area contributed by atoms with Crippen LogP contribution >= 0.6 is 23.2 Å². The third kappa shape index (κ3) is 4.92. The Morgan fingerprint density at radius 1 is 1.13 bits per heavy atom. The fourth-order valence-electron chi connectivity index (χ4n) is 2.94. The van der Waals surface area contributed by atoms with Gasteiger partial charge < -0.3 is 4.74 Å². The summed E-state index contributed by atoms with van der Waals surface area (Å²) in [5, 5.41) is 8.62. The molecule has 8 nitrogen and oxygen atoms in total. The summed E-state index contributed by atoms with van der Waals surface area (Å²) in [5.41, 5.74) is 1.82. The maximum absolute atomic E-state index is 12.7. The Bertz CT molecular complexity index is 1160. The van der Waals surface area contributed by atoms with E-state index in [0.717, 1.165) is 11.3 Å². The third-order valence-corrected chi connectivity index (χ3v) is 6.53. The molecule has 0 spiro atoms. The molecule has 0 aliphatic heterocycles. The number of nitrogens with zero attached hydrogens (tertiary/aromatic N) is 4. The van der Waals surface area contributed by atoms with Crippen molar-refractivity contribution in [3.05, 3.63) is 57.5 Å². The predicted molar refractivity (Wildman–Crippen MR) is 115 cm³/mol. The second kappa shape index (κ2) is 8.89. The molecular weight excluding hydrogens is 449 g/mol. The Morgan fingerprint density at radius 2 is 1.87 bits per heavy atom. The number of aryl methyl sites for hydroxylation is 2. The topological polar surface area (TPSA) is 99.0 Å². The minimum Gasteiger partial charge on any atom is -0.405 e. The molecule has 0 saturated heterocycles. The highest BCUT2D eigenvalue weighted by Gasteiger charge is 2.24. The molecule has 0 saturated carbocycles. The molecule has 1 aromatic carbocycles. The first-order valence-corrected chi connectivity index (χ1v) is 11.4. The van der Waals surface area contributed by atoms with Gasteiger partial charge in [0.15, 0.2) is 5.82 Å². The Labute approximate surface area is 185 Å². The SMILES string of the molecule is CCn1c(Oc2cc(C)cc(C)n2)nnc1[C@@H](C)NS(=O)(=O)c1ccc(Cl)c(Cl)c1. The average Bonchev–Trinajstić information content (AvgIpc) is 3.05. The lowest BCUT2D eigenvalue weighted by atomic mass is 10.2. The number of aromatic nitrogens is 4. The molecule has 0 amide bonds. The van der Waals surface area contributed by atoms with Gasteiger partial charge in [-0.25, -0.2) is 18.1 Å². The summed E-state index contributed by atoms with van der Waals surface area (Å²) >= 11 is 11.8. The first kappa shape index (κ1) is 22.5. The summed E-state index contributed by atoms with van der Waals surface area (Å²) in [6, 6.07) is 7.38. The minimum absolute atomic E-state index is 0.00206. The number of rotatable bonds is 7. The number of ether oxygens (including phenoxy) is 1. The Balaban J connectivity index is 1.85. The van der Waals surface area contributed by atoms with Gasteiger partial charge in [-0.3, -0.25) is 4.57 Å². The normalized spacial score (nSPS) is 12.7. The van der Waals surface area contributed by atoms with Crippen LogP contribution in [-0.4, -0.2) is 28.2 Å². The number of hydrogen-bond donors (Lipinski definition) is 1. The molecule has 30 heavy (non-hydrogen) atoms. The Kier molecular flexibility index (Phi) is 6.66. The first-order valence-electron chi connectivity index (χ1n) is 9.14. The highest BCUT2D eigenvalue weighted by molar-refractivity contribution is 7.89. The number of nitrogens with one attached hydrogen (secondary N) is 1. The average molecular weight is 470 g/mol. The smallest absolute Gasteiger partial charge is 0.323 e. The molecule has 0 radical (unpaired) electrons. The van der Waals surface area contributed by atoms with E-state index in [4.69, 9.17) is 27.9 Å². The molecule has 11 heteroatoms. The highest BCUT2D eigenvalue weighted by Crippen LogP contribution is 2.27. The van der Waals surface area contributed by atoms with Crippen LogP contribution in [0, 0.1) is 13.8 Å². The van der Waals surface area contributed by atoms with Crippen molar-refractivity contribution in [1.29, 1.82) is 0 Å². The third-order valence-electron chi connectivity index (χ3n) is 4.25. The van der Waals surface area contributed by atoms with Crippen molar-refractivity contribution in [3.8, 4) is 11.9 Å². The van der Waals surface area contributed by atoms with Gasteiger partial charge in [-0.1, -0.05) is 28.3 Å². The molecule has 1 atom stereocenters. The van der Waals surface area contributed by atoms with E-state index in [-0.39, 0.29) is 21.0 Å². The van der Waals surface area contributed by atoms with E-state index in [1.54, 1.807) is 17.6 Å². The minimum atomic E-state index is -3.86. The van der Waals surface area contributed by atoms with Crippen molar-refractivity contribution in [2.45, 2.75) is 45.2 Å². The number of pyridine rings is 1. The van der Waals surface area contributed by atoms with Gasteiger partial charge in [0.2, 0.25) is 15.9 Å². The molecule has 3 rings (SSSR count). The fraction of sp³-hybridized carbons (Fsp3) is 0.316. The van der Waals surface area contributed by atoms with E-state index in [1.807, 2.05) is 26.8 Å². The van der Waals surface area contributed by atoms with Crippen LogP contribution in [0.15, 0.2) is 35.2 Å². The molecular formula is C19H21Cl2N5O3S. The largest absolute Gasteiger partial charge is 0.405 e. The lowest BCUT2D eigenvalue weighted by Crippen LogP contribution is -2.29. The maximum atomic E-state index is 12.7. The van der Waals surface area contributed by atoms with Crippen LogP contribution in [0.4, 0.5) is 0 Å². The van der Waals surface area contributed by atoms with Crippen LogP contribution in [0.3, 0.4) is 0 Å². The van der Waals surface area contributed by atoms with E-state index < -0.39 is 16.1 Å². The quantitative estimate of drug-likeness (QED) is 0.548. The van der Waals surface area contributed by atoms with Crippen molar-refractivity contribution in [2.75, 3.05) is 0 Å². The molecule has 0 aliphatic carbocycles. The number of hydrogen-bond acceptors (Lipinski definition) is 6. The number of sulfonamides is 1. The van der Waals surface area contributed by atoms with Crippen LogP contribution in [0.1, 0.15) is 37.0 Å². The molecule has 1 N–H and O–H groups in total. The van der Waals surface area contributed by atoms with E-state index in [2.05, 4.69) is 19.9 Å². The van der Waals surface area contributed by atoms with Gasteiger partial charge in [0.25, 0.3) is 0 Å². The number of benzene rings is 1. The van der Waals surface area contributed by atoms with Crippen molar-refractivity contribution >= 4 is 33.2 Å². The lowest BCUT2D eigenvalue weighted by Gasteiger charge is -2.15. The first-order chi connectivity index (χ1) is 14.1. The van der Waals surface area contributed by atoms with Crippen molar-refractivity contribution < 1.29 is 13.2 Å². The van der Waals surface area contributed by atoms with Gasteiger partial charge in [0.05, 0.1) is 21.0 Å². The second-order valence-electron chi connectivity index (χ2n) is 6.73. The van der Waals surface area contributed by atoms with Gasteiger partial charge in [0, 0.05) is 18.3 Å². The second-order valence-corrected chi connectivity index (χ2v) is 9.26. The van der Waals surface area contributed by atoms with Crippen molar-refractivity contribution in [3.63, 3.8) is 0 Å². The molecule has 0 unspecified atom stereocenters. The Hall–Kier alpha value is -2.20. The predicted octanol–water partition coefficient (Wildman–Crippen LogP) is 4.45. The molecule has 160 valence electrons. The van der Waals surface area contributed by atoms with E-state index in [9.17, 15) is 8.42 Å². The van der Waals surface area contributed by atoms with Gasteiger partial charge in [-0.15, -0.1) is 5.10 Å². The van der Waals surface area contributed by atoms with E-state index in [1.165, 1.54) is 18.2 Å². The Morgan fingerprint density at radius 3 is 2.50 bits per heavy atom. The van der Waals surface area contributed by atoms with Gasteiger partial charge in [0.1, 0.15) is 0 Å². The summed E-state index contributed by atoms with van der Waals surface area (Å²) in [6.45, 7) is 7.84. The monoisotopic (exact) mass is 469 g/mol. The van der Waals surface area contributed by atoms with Crippen LogP contribution in [0.2, 0.25) is 10.0 Å². The van der Waals surface area contributed by atoms with Crippen molar-refractivity contribution in [1.82, 2.24) is 24.5 Å². The fourth-order valence-corrected chi connectivity index (χ4v) is 4.53. The van der Waals surface area contributed by atoms with Crippen molar-refractivity contribution in [2.24, 2.45) is 0 Å². The van der Waals surface area contributed by atoms with Gasteiger partial charge >= 0.3 is 6.01 Å². The zero-order valence-corrected chi connectivity index (χ0v) is 19.2. The molecule has 0 fully saturated rings. The van der Waals surface area contributed by atoms with Crippen LogP contribution < -0.4 is 9.46 Å². The van der Waals surface area contributed by atoms with Gasteiger partial charge in [-0.05, 0) is 57.5 Å². The van der Waals surface area contributed by atoms with Crippen LogP contribution in [0.5, 0.6) is 11.9 Å². The van der Waals surface area contributed by atoms with E-state index in [0.29, 0.717) is 18.2 Å². The maximum Gasteiger partial charge on any atom is 0.323 e. The summed E-state index contributed by atoms with van der Waals surface area (Å²) < 4.78 is 35.5. The van der Waals surface area contributed by atoms with Gasteiger partial charge in [-0.2, -0.15) is 0 Å². The molecule has 2 aromatic heterocycles. The molecule has 0 aliphatic rings. The zero-order valence-electron chi connectivity index (χ0n) is 16.8. The van der Waals surface area contributed by atoms with E-state index >= 15 is 0 Å². The lowest BCUT2D eigenvalue weighted by molar-refractivity contribution is 0.393. The van der Waals surface area contributed by atoms with Crippen LogP contribution in [0.25, 0.3) is 0 Å². The molecule has 2 heterocycles. The molecule has 0 bridgehead atoms. The van der Waals surface area contributed by atoms with Crippen LogP contribution in [-0.2, 0) is 16.6 Å². The zero-order chi connectivity index (χ0) is 22.1. The summed E-state index contributed by atoms with van der Waals surface area (Å²) in [4.78, 5) is 4.34. The standard InChI is InChI=1S/C19H21Cl2N5O3S/c1-5-26-18(23-24-19(26)29-17-9-11(2)8-12(3)22-17)13(4)25-30(27,28)14-6-7-15(20)16(21)10-14/h6-10,13,25H,5H2,1-4H3/t13-/m1/s1. The summed E-state index contributed by atoms with van der Waals surface area (Å²) in [5.74, 6) is 0.797.